The lowest BCUT2D eigenvalue weighted by Crippen LogP contribution is -2.44. The molecule has 0 saturated carbocycles. The van der Waals surface area contributed by atoms with Crippen molar-refractivity contribution in [3.05, 3.63) is 119 Å². The molecular weight excluding hydrogens is 588 g/mol. The van der Waals surface area contributed by atoms with E-state index in [9.17, 15) is 39.6 Å². The van der Waals surface area contributed by atoms with Gasteiger partial charge >= 0.3 is 0 Å². The number of aliphatic carboxylic acids is 4. The Hall–Kier alpha value is -5.90. The lowest BCUT2D eigenvalue weighted by molar-refractivity contribution is -0.307. The first-order chi connectivity index (χ1) is 22.1. The van der Waals surface area contributed by atoms with E-state index in [0.29, 0.717) is 24.2 Å². The summed E-state index contributed by atoms with van der Waals surface area (Å²) in [5, 5.41) is 48.9. The molecule has 0 aliphatic heterocycles. The van der Waals surface area contributed by atoms with Crippen LogP contribution in [0.15, 0.2) is 97.1 Å². The number of carboxylic acids is 4. The molecule has 0 aliphatic carbocycles. The summed E-state index contributed by atoms with van der Waals surface area (Å²) in [4.78, 5) is 47.0. The van der Waals surface area contributed by atoms with E-state index in [1.54, 1.807) is 24.3 Å². The van der Waals surface area contributed by atoms with Crippen molar-refractivity contribution in [1.29, 1.82) is 0 Å². The van der Waals surface area contributed by atoms with Crippen LogP contribution in [0.2, 0.25) is 0 Å². The van der Waals surface area contributed by atoms with Crippen molar-refractivity contribution in [3.63, 3.8) is 0 Å². The predicted octanol–water partition coefficient (Wildman–Crippen LogP) is -0.213. The van der Waals surface area contributed by atoms with Gasteiger partial charge in [-0.2, -0.15) is 0 Å². The first-order valence-corrected chi connectivity index (χ1v) is 14.5. The normalized spacial score (nSPS) is 11.0. The van der Waals surface area contributed by atoms with E-state index in [4.69, 9.17) is 0 Å². The van der Waals surface area contributed by atoms with Crippen LogP contribution < -0.4 is 30.2 Å². The number of hydrogen-bond donors (Lipinski definition) is 0. The predicted molar refractivity (Wildman–Crippen MR) is 164 cm³/mol. The summed E-state index contributed by atoms with van der Waals surface area (Å²) in [6, 6.07) is 30.3. The van der Waals surface area contributed by atoms with E-state index in [1.807, 2.05) is 48.5 Å². The highest BCUT2D eigenvalue weighted by atomic mass is 16.4. The smallest absolute Gasteiger partial charge is 0.0608 e. The molecule has 46 heavy (non-hydrogen) atoms. The number of benzene rings is 5. The summed E-state index contributed by atoms with van der Waals surface area (Å²) in [5.74, 6) is -5.58. The molecule has 5 rings (SSSR count). The van der Waals surface area contributed by atoms with Crippen molar-refractivity contribution in [2.75, 3.05) is 36.0 Å². The second-order valence-electron chi connectivity index (χ2n) is 10.9. The Bertz CT molecular complexity index is 1690. The summed E-state index contributed by atoms with van der Waals surface area (Å²) in [6.07, 6.45) is 1.12. The second kappa shape index (κ2) is 13.8. The Morgan fingerprint density at radius 1 is 0.413 bits per heavy atom. The minimum absolute atomic E-state index is 0.426. The fourth-order valence-corrected chi connectivity index (χ4v) is 5.85. The van der Waals surface area contributed by atoms with Crippen LogP contribution in [-0.4, -0.2) is 50.1 Å². The molecule has 0 spiro atoms. The van der Waals surface area contributed by atoms with Gasteiger partial charge < -0.3 is 49.4 Å². The summed E-state index contributed by atoms with van der Waals surface area (Å²) < 4.78 is 0. The highest BCUT2D eigenvalue weighted by Crippen LogP contribution is 2.36. The quantitative estimate of drug-likeness (QED) is 0.152. The van der Waals surface area contributed by atoms with Gasteiger partial charge in [-0.3, -0.25) is 0 Å². The molecule has 0 radical (unpaired) electrons. The molecule has 0 N–H and O–H groups in total. The van der Waals surface area contributed by atoms with Gasteiger partial charge in [-0.05, 0) is 80.9 Å². The highest BCUT2D eigenvalue weighted by molar-refractivity contribution is 6.06. The summed E-state index contributed by atoms with van der Waals surface area (Å²) in [6.45, 7) is -2.31. The Kier molecular flexibility index (Phi) is 9.47. The maximum absolute atomic E-state index is 11.2. The molecule has 0 bridgehead atoms. The highest BCUT2D eigenvalue weighted by Gasteiger charge is 2.16. The Morgan fingerprint density at radius 2 is 0.674 bits per heavy atom. The van der Waals surface area contributed by atoms with E-state index in [1.165, 1.54) is 9.80 Å². The third kappa shape index (κ3) is 7.41. The number of fused-ring (bicyclic) bond motifs is 2. The summed E-state index contributed by atoms with van der Waals surface area (Å²) in [7, 11) is 0. The third-order valence-electron chi connectivity index (χ3n) is 7.80. The van der Waals surface area contributed by atoms with E-state index in [-0.39, 0.29) is 0 Å². The van der Waals surface area contributed by atoms with Gasteiger partial charge in [0.2, 0.25) is 0 Å². The lowest BCUT2D eigenvalue weighted by atomic mass is 9.86. The van der Waals surface area contributed by atoms with Crippen molar-refractivity contribution in [2.24, 2.45) is 0 Å². The Morgan fingerprint density at radius 3 is 0.913 bits per heavy atom. The van der Waals surface area contributed by atoms with Gasteiger partial charge in [-0.25, -0.2) is 0 Å². The van der Waals surface area contributed by atoms with Gasteiger partial charge in [0.05, 0.1) is 50.1 Å². The first-order valence-electron chi connectivity index (χ1n) is 14.5. The molecule has 0 heterocycles. The molecule has 0 atom stereocenters. The molecule has 0 saturated heterocycles. The first kappa shape index (κ1) is 31.5. The number of anilines is 2. The van der Waals surface area contributed by atoms with Gasteiger partial charge in [0.25, 0.3) is 0 Å². The number of rotatable bonds is 14. The number of carbonyl (C=O) groups excluding carboxylic acids is 4. The van der Waals surface area contributed by atoms with Crippen molar-refractivity contribution >= 4 is 56.8 Å². The Balaban J connectivity index is 1.49. The second-order valence-corrected chi connectivity index (χ2v) is 10.9. The molecule has 10 heteroatoms. The SMILES string of the molecule is O=C([O-])CN(CC(=O)[O-])c1ccc(Cc2c3ccccc3c(Cc3ccc(N(CC(=O)[O-])CC(=O)[O-])cc3)c3ccccc23)cc1. The zero-order valence-corrected chi connectivity index (χ0v) is 24.6. The molecule has 0 fully saturated rings. The maximum atomic E-state index is 11.2. The number of hydrogen-bond acceptors (Lipinski definition) is 10. The van der Waals surface area contributed by atoms with Crippen LogP contribution in [0.4, 0.5) is 11.4 Å². The third-order valence-corrected chi connectivity index (χ3v) is 7.80. The molecule has 0 amide bonds. The molecule has 5 aromatic carbocycles. The molecule has 0 unspecified atom stereocenters. The average molecular weight is 617 g/mol. The average Bonchev–Trinajstić information content (AvgIpc) is 3.02. The fourth-order valence-electron chi connectivity index (χ4n) is 5.85. The van der Waals surface area contributed by atoms with Crippen LogP contribution in [0.5, 0.6) is 0 Å². The standard InChI is InChI=1S/C36H32N2O8/c39-33(40)19-37(20-34(41)42)25-13-9-23(10-14-25)17-31-27-5-1-2-6-28(27)32(30-8-4-3-7-29(30)31)18-24-11-15-26(16-12-24)38(21-35(43)44)22-36(45)46/h1-16H,17-22H2,(H,39,40)(H,41,42)(H,43,44)(H,45,46)/p-4. The van der Waals surface area contributed by atoms with E-state index >= 15 is 0 Å². The molecule has 10 nitrogen and oxygen atoms in total. The van der Waals surface area contributed by atoms with E-state index in [2.05, 4.69) is 24.3 Å². The van der Waals surface area contributed by atoms with Crippen molar-refractivity contribution in [3.8, 4) is 0 Å². The summed E-state index contributed by atoms with van der Waals surface area (Å²) >= 11 is 0. The number of carbonyl (C=O) groups is 4. The Labute approximate surface area is 264 Å². The zero-order chi connectivity index (χ0) is 32.8. The molecule has 5 aromatic rings. The van der Waals surface area contributed by atoms with Crippen LogP contribution in [0.25, 0.3) is 21.5 Å². The van der Waals surface area contributed by atoms with Crippen LogP contribution in [0.3, 0.4) is 0 Å². The van der Waals surface area contributed by atoms with Crippen LogP contribution in [-0.2, 0) is 32.0 Å². The monoisotopic (exact) mass is 616 g/mol. The van der Waals surface area contributed by atoms with Crippen LogP contribution >= 0.6 is 0 Å². The minimum Gasteiger partial charge on any atom is -0.548 e. The molecular formula is C36H28N2O8-4. The van der Waals surface area contributed by atoms with E-state index in [0.717, 1.165) is 43.8 Å². The van der Waals surface area contributed by atoms with Gasteiger partial charge in [-0.15, -0.1) is 0 Å². The fraction of sp³-hybridized carbons (Fsp3) is 0.167. The lowest BCUT2D eigenvalue weighted by Gasteiger charge is -2.26. The van der Waals surface area contributed by atoms with E-state index < -0.39 is 50.1 Å². The molecule has 0 aromatic heterocycles. The van der Waals surface area contributed by atoms with Crippen LogP contribution in [0, 0.1) is 0 Å². The van der Waals surface area contributed by atoms with Crippen molar-refractivity contribution in [2.45, 2.75) is 12.8 Å². The summed E-state index contributed by atoms with van der Waals surface area (Å²) in [5.41, 5.74) is 4.94. The van der Waals surface area contributed by atoms with Gasteiger partial charge in [-0.1, -0.05) is 72.8 Å². The topological polar surface area (TPSA) is 167 Å². The van der Waals surface area contributed by atoms with Crippen molar-refractivity contribution < 1.29 is 39.6 Å². The van der Waals surface area contributed by atoms with Gasteiger partial charge in [0, 0.05) is 11.4 Å². The molecule has 234 valence electrons. The largest absolute Gasteiger partial charge is 0.548 e. The van der Waals surface area contributed by atoms with Gasteiger partial charge in [0.15, 0.2) is 0 Å². The number of carboxylic acid groups (broad SMARTS) is 4. The molecule has 0 aliphatic rings. The zero-order valence-electron chi connectivity index (χ0n) is 24.6. The number of nitrogens with zero attached hydrogens (tertiary/aromatic N) is 2. The maximum Gasteiger partial charge on any atom is 0.0608 e. The van der Waals surface area contributed by atoms with Gasteiger partial charge in [0.1, 0.15) is 0 Å². The van der Waals surface area contributed by atoms with Crippen molar-refractivity contribution in [1.82, 2.24) is 0 Å². The minimum atomic E-state index is -1.40. The van der Waals surface area contributed by atoms with Crippen LogP contribution in [0.1, 0.15) is 22.3 Å².